The second kappa shape index (κ2) is 9.50. The van der Waals surface area contributed by atoms with Crippen LogP contribution in [0.3, 0.4) is 0 Å². The van der Waals surface area contributed by atoms with Crippen LogP contribution in [-0.4, -0.2) is 17.5 Å². The van der Waals surface area contributed by atoms with Gasteiger partial charge in [-0.05, 0) is 84.7 Å². The van der Waals surface area contributed by atoms with Crippen molar-refractivity contribution in [2.45, 2.75) is 100.0 Å². The van der Waals surface area contributed by atoms with Gasteiger partial charge in [0.1, 0.15) is 6.07 Å². The van der Waals surface area contributed by atoms with Crippen LogP contribution in [0.25, 0.3) is 0 Å². The first kappa shape index (κ1) is 30.0. The number of carbonyl (C=O) groups excluding carboxylic acids is 3. The largest absolute Gasteiger partial charge is 0.352 e. The molecule has 0 aliphatic heterocycles. The van der Waals surface area contributed by atoms with E-state index < -0.39 is 16.2 Å². The number of hydrogen-bond acceptors (Lipinski definition) is 4. The van der Waals surface area contributed by atoms with Crippen molar-refractivity contribution in [3.8, 4) is 6.07 Å². The lowest BCUT2D eigenvalue weighted by Gasteiger charge is -2.69. The van der Waals surface area contributed by atoms with Gasteiger partial charge in [0.2, 0.25) is 5.91 Å². The summed E-state index contributed by atoms with van der Waals surface area (Å²) >= 11 is 0. The normalized spacial score (nSPS) is 40.8. The maximum Gasteiger partial charge on any atom is 0.226 e. The summed E-state index contributed by atoms with van der Waals surface area (Å²) in [5.74, 6) is -0.0846. The van der Waals surface area contributed by atoms with Gasteiger partial charge >= 0.3 is 0 Å². The van der Waals surface area contributed by atoms with Crippen LogP contribution >= 0.6 is 0 Å². The van der Waals surface area contributed by atoms with E-state index in [0.29, 0.717) is 6.54 Å². The molecule has 5 nitrogen and oxygen atoms in total. The quantitative estimate of drug-likeness (QED) is 0.401. The summed E-state index contributed by atoms with van der Waals surface area (Å²) < 4.78 is 0. The van der Waals surface area contributed by atoms with Crippen LogP contribution in [0.4, 0.5) is 0 Å². The van der Waals surface area contributed by atoms with E-state index >= 15 is 0 Å². The van der Waals surface area contributed by atoms with Gasteiger partial charge in [-0.15, -0.1) is 0 Å². The van der Waals surface area contributed by atoms with E-state index in [0.717, 1.165) is 56.1 Å². The third kappa shape index (κ3) is 4.04. The third-order valence-electron chi connectivity index (χ3n) is 13.6. The highest BCUT2D eigenvalue weighted by atomic mass is 16.2. The Morgan fingerprint density at radius 2 is 1.63 bits per heavy atom. The molecule has 228 valence electrons. The van der Waals surface area contributed by atoms with Crippen LogP contribution in [0.1, 0.15) is 99.0 Å². The van der Waals surface area contributed by atoms with E-state index in [4.69, 9.17) is 0 Å². The van der Waals surface area contributed by atoms with E-state index in [-0.39, 0.29) is 57.0 Å². The molecule has 0 spiro atoms. The second-order valence-electron chi connectivity index (χ2n) is 16.6. The van der Waals surface area contributed by atoms with E-state index in [1.54, 1.807) is 0 Å². The molecule has 1 aromatic carbocycles. The molecule has 3 saturated carbocycles. The number of nitrogens with one attached hydrogen (secondary N) is 1. The van der Waals surface area contributed by atoms with Crippen LogP contribution in [0.15, 0.2) is 53.6 Å². The van der Waals surface area contributed by atoms with Crippen molar-refractivity contribution in [3.05, 3.63) is 59.2 Å². The first-order valence-corrected chi connectivity index (χ1v) is 16.3. The predicted molar refractivity (Wildman–Crippen MR) is 167 cm³/mol. The first-order valence-electron chi connectivity index (χ1n) is 16.3. The Hall–Kier alpha value is -3.00. The minimum absolute atomic E-state index is 0.0249. The van der Waals surface area contributed by atoms with Crippen LogP contribution in [-0.2, 0) is 20.9 Å². The maximum atomic E-state index is 14.7. The van der Waals surface area contributed by atoms with Crippen molar-refractivity contribution in [1.29, 1.82) is 5.26 Å². The number of nitriles is 1. The van der Waals surface area contributed by atoms with Crippen molar-refractivity contribution in [1.82, 2.24) is 5.32 Å². The minimum atomic E-state index is -0.677. The highest BCUT2D eigenvalue weighted by molar-refractivity contribution is 6.04. The van der Waals surface area contributed by atoms with Gasteiger partial charge in [-0.3, -0.25) is 14.4 Å². The Kier molecular flexibility index (Phi) is 6.64. The summed E-state index contributed by atoms with van der Waals surface area (Å²) in [6, 6.07) is 12.3. The zero-order chi connectivity index (χ0) is 31.2. The smallest absolute Gasteiger partial charge is 0.226 e. The van der Waals surface area contributed by atoms with E-state index in [1.807, 2.05) is 56.3 Å². The monoisotopic (exact) mass is 580 g/mol. The molecule has 7 atom stereocenters. The molecule has 43 heavy (non-hydrogen) atoms. The van der Waals surface area contributed by atoms with E-state index in [2.05, 4.69) is 46.0 Å². The van der Waals surface area contributed by atoms with Gasteiger partial charge in [0.15, 0.2) is 11.6 Å². The SMILES string of the molecule is CC1(C)CC[C@]2(C(=O)NCc3ccccc3)CC[C@]3(C)C(C(=O)C=C4[C@@]5(C)C=C(C#N)C(=O)C(C)(C)[C@@H]5CC[C@]43C)C2C1. The molecule has 3 fully saturated rings. The number of allylic oxidation sites excluding steroid dienone is 4. The lowest BCUT2D eigenvalue weighted by Crippen LogP contribution is -2.66. The maximum absolute atomic E-state index is 14.7. The molecule has 5 aliphatic carbocycles. The molecule has 1 N–H and O–H groups in total. The van der Waals surface area contributed by atoms with Crippen molar-refractivity contribution >= 4 is 17.5 Å². The van der Waals surface area contributed by atoms with Gasteiger partial charge in [-0.2, -0.15) is 5.26 Å². The molecular formula is C38H48N2O3. The van der Waals surface area contributed by atoms with Crippen LogP contribution in [0.5, 0.6) is 0 Å². The summed E-state index contributed by atoms with van der Waals surface area (Å²) in [4.78, 5) is 42.3. The number of ketones is 2. The standard InChI is InChI=1S/C38H48N2O3/c1-33(2)15-17-38(32(43)40-23-24-11-9-8-10-12-24)18-16-37(7)30(26(38)21-33)27(41)19-29-35(5)20-25(22-39)31(42)34(3,4)28(35)13-14-36(29,37)6/h8-12,19-20,26,28,30H,13-18,21,23H2,1-7H3,(H,40,43)/t26?,28-,30?,35-,36+,37+,38-/m0/s1. The molecule has 0 aromatic heterocycles. The number of rotatable bonds is 3. The van der Waals surface area contributed by atoms with Gasteiger partial charge in [-0.25, -0.2) is 0 Å². The molecule has 5 heteroatoms. The lowest BCUT2D eigenvalue weighted by atomic mass is 9.34. The zero-order valence-electron chi connectivity index (χ0n) is 27.1. The number of Topliss-reactive ketones (excluding diaryl/α,β-unsaturated/α-hetero) is 1. The molecule has 1 aromatic rings. The van der Waals surface area contributed by atoms with E-state index in [9.17, 15) is 19.6 Å². The molecule has 0 bridgehead atoms. The zero-order valence-corrected chi connectivity index (χ0v) is 27.1. The van der Waals surface area contributed by atoms with Crippen LogP contribution in [0, 0.1) is 61.6 Å². The van der Waals surface area contributed by atoms with Gasteiger partial charge in [0, 0.05) is 23.3 Å². The molecule has 1 amide bonds. The number of carbonyl (C=O) groups is 3. The number of hydrogen-bond donors (Lipinski definition) is 1. The Balaban J connectivity index is 1.44. The van der Waals surface area contributed by atoms with Gasteiger partial charge in [0.25, 0.3) is 0 Å². The average molecular weight is 581 g/mol. The fraction of sp³-hybridized carbons (Fsp3) is 0.632. The highest BCUT2D eigenvalue weighted by Gasteiger charge is 2.70. The summed E-state index contributed by atoms with van der Waals surface area (Å²) in [6.45, 7) is 15.9. The Labute approximate surface area is 257 Å². The number of amides is 1. The van der Waals surface area contributed by atoms with Crippen LogP contribution < -0.4 is 5.32 Å². The molecule has 2 unspecified atom stereocenters. The Bertz CT molecular complexity index is 1490. The fourth-order valence-corrected chi connectivity index (χ4v) is 11.0. The summed E-state index contributed by atoms with van der Waals surface area (Å²) in [7, 11) is 0. The van der Waals surface area contributed by atoms with Gasteiger partial charge in [-0.1, -0.05) is 90.4 Å². The number of nitrogens with zero attached hydrogens (tertiary/aromatic N) is 1. The summed E-state index contributed by atoms with van der Waals surface area (Å²) in [5.41, 5.74) is 0.0757. The minimum Gasteiger partial charge on any atom is -0.352 e. The first-order chi connectivity index (χ1) is 20.1. The second-order valence-corrected chi connectivity index (χ2v) is 16.6. The third-order valence-corrected chi connectivity index (χ3v) is 13.6. The van der Waals surface area contributed by atoms with Crippen molar-refractivity contribution in [2.24, 2.45) is 50.2 Å². The van der Waals surface area contributed by atoms with Gasteiger partial charge in [0.05, 0.1) is 11.0 Å². The summed E-state index contributed by atoms with van der Waals surface area (Å²) in [6.07, 6.45) is 9.83. The highest BCUT2D eigenvalue weighted by Crippen LogP contribution is 2.74. The number of fused-ring (bicyclic) bond motifs is 7. The topological polar surface area (TPSA) is 87.0 Å². The Morgan fingerprint density at radius 3 is 2.30 bits per heavy atom. The van der Waals surface area contributed by atoms with Crippen molar-refractivity contribution in [3.63, 3.8) is 0 Å². The predicted octanol–water partition coefficient (Wildman–Crippen LogP) is 7.52. The van der Waals surface area contributed by atoms with Gasteiger partial charge < -0.3 is 5.32 Å². The Morgan fingerprint density at radius 1 is 0.953 bits per heavy atom. The summed E-state index contributed by atoms with van der Waals surface area (Å²) in [5, 5.41) is 13.3. The molecule has 6 rings (SSSR count). The molecule has 0 saturated heterocycles. The van der Waals surface area contributed by atoms with Crippen molar-refractivity contribution < 1.29 is 14.4 Å². The molecular weight excluding hydrogens is 532 g/mol. The fourth-order valence-electron chi connectivity index (χ4n) is 11.0. The molecule has 0 radical (unpaired) electrons. The lowest BCUT2D eigenvalue weighted by molar-refractivity contribution is -0.178. The average Bonchev–Trinajstić information content (AvgIpc) is 2.95. The van der Waals surface area contributed by atoms with Crippen molar-refractivity contribution in [2.75, 3.05) is 0 Å². The van der Waals surface area contributed by atoms with E-state index in [1.165, 1.54) is 0 Å². The van der Waals surface area contributed by atoms with Crippen LogP contribution in [0.2, 0.25) is 0 Å². The molecule has 0 heterocycles. The molecule has 5 aliphatic rings. The number of benzene rings is 1.